The number of aliphatic hydroxyl groups is 1. The maximum Gasteiger partial charge on any atom is 0.191 e. The van der Waals surface area contributed by atoms with Crippen LogP contribution in [0.25, 0.3) is 10.9 Å². The number of H-pyrrole nitrogens is 1. The number of aromatic nitrogens is 1. The van der Waals surface area contributed by atoms with Crippen LogP contribution >= 0.6 is 24.0 Å². The number of hydrogen-bond donors (Lipinski definition) is 4. The first kappa shape index (κ1) is 23.6. The monoisotopic (exact) mass is 516 g/mol. The van der Waals surface area contributed by atoms with Gasteiger partial charge in [0.25, 0.3) is 0 Å². The van der Waals surface area contributed by atoms with Crippen LogP contribution in [-0.4, -0.2) is 55.5 Å². The summed E-state index contributed by atoms with van der Waals surface area (Å²) in [5, 5.41) is 17.9. The summed E-state index contributed by atoms with van der Waals surface area (Å²) < 4.78 is 10.8. The van der Waals surface area contributed by atoms with Gasteiger partial charge in [0, 0.05) is 36.3 Å². The highest BCUT2D eigenvalue weighted by molar-refractivity contribution is 14.0. The van der Waals surface area contributed by atoms with E-state index in [1.807, 2.05) is 19.1 Å². The van der Waals surface area contributed by atoms with Crippen molar-refractivity contribution < 1.29 is 14.6 Å². The van der Waals surface area contributed by atoms with Crippen molar-refractivity contribution >= 4 is 40.8 Å². The van der Waals surface area contributed by atoms with Crippen molar-refractivity contribution in [2.45, 2.75) is 44.6 Å². The zero-order valence-corrected chi connectivity index (χ0v) is 19.8. The first-order valence-electron chi connectivity index (χ1n) is 10.0. The zero-order valence-electron chi connectivity index (χ0n) is 17.5. The molecule has 0 spiro atoms. The summed E-state index contributed by atoms with van der Waals surface area (Å²) in [5.41, 5.74) is 1.59. The Kier molecular flexibility index (Phi) is 8.88. The lowest BCUT2D eigenvalue weighted by molar-refractivity contribution is -0.0236. The maximum atomic E-state index is 10.2. The molecule has 1 fully saturated rings. The lowest BCUT2D eigenvalue weighted by Crippen LogP contribution is -2.43. The number of methoxy groups -OCH3 is 2. The van der Waals surface area contributed by atoms with Crippen LogP contribution in [0.2, 0.25) is 0 Å². The van der Waals surface area contributed by atoms with Crippen LogP contribution in [0.4, 0.5) is 0 Å². The molecule has 1 aromatic carbocycles. The Morgan fingerprint density at radius 3 is 2.62 bits per heavy atom. The summed E-state index contributed by atoms with van der Waals surface area (Å²) in [5.74, 6) is 2.36. The van der Waals surface area contributed by atoms with E-state index in [1.54, 1.807) is 14.2 Å². The fourth-order valence-corrected chi connectivity index (χ4v) is 3.45. The van der Waals surface area contributed by atoms with E-state index in [0.29, 0.717) is 6.54 Å². The van der Waals surface area contributed by atoms with Gasteiger partial charge in [-0.05, 0) is 45.1 Å². The number of guanidine groups is 1. The number of nitrogens with one attached hydrogen (secondary N) is 3. The van der Waals surface area contributed by atoms with Gasteiger partial charge in [-0.1, -0.05) is 0 Å². The highest BCUT2D eigenvalue weighted by Gasteiger charge is 2.34. The summed E-state index contributed by atoms with van der Waals surface area (Å²) >= 11 is 0. The number of aromatic amines is 1. The molecule has 7 nitrogen and oxygen atoms in total. The van der Waals surface area contributed by atoms with E-state index < -0.39 is 5.60 Å². The minimum absolute atomic E-state index is 0. The molecule has 0 radical (unpaired) electrons. The number of rotatable bonds is 9. The van der Waals surface area contributed by atoms with E-state index in [-0.39, 0.29) is 24.0 Å². The van der Waals surface area contributed by atoms with Gasteiger partial charge in [0.15, 0.2) is 5.96 Å². The number of ether oxygens (including phenoxy) is 2. The van der Waals surface area contributed by atoms with E-state index in [2.05, 4.69) is 26.7 Å². The zero-order chi connectivity index (χ0) is 20.0. The van der Waals surface area contributed by atoms with E-state index in [1.165, 1.54) is 0 Å². The molecule has 0 saturated heterocycles. The summed E-state index contributed by atoms with van der Waals surface area (Å²) in [6.45, 7) is 4.11. The van der Waals surface area contributed by atoms with Gasteiger partial charge in [-0.15, -0.1) is 24.0 Å². The number of halogens is 1. The normalized spacial score (nSPS) is 15.4. The van der Waals surface area contributed by atoms with Crippen molar-refractivity contribution in [3.8, 4) is 11.5 Å². The molecule has 0 amide bonds. The minimum atomic E-state index is -0.590. The largest absolute Gasteiger partial charge is 0.497 e. The van der Waals surface area contributed by atoms with E-state index >= 15 is 0 Å². The van der Waals surface area contributed by atoms with Crippen LogP contribution < -0.4 is 20.1 Å². The van der Waals surface area contributed by atoms with E-state index in [0.717, 1.165) is 79.2 Å². The fraction of sp³-hybridized carbons (Fsp3) is 0.571. The number of fused-ring (bicyclic) bond motifs is 1. The molecular formula is C21H33IN4O3. The van der Waals surface area contributed by atoms with Crippen LogP contribution in [0.3, 0.4) is 0 Å². The third-order valence-corrected chi connectivity index (χ3v) is 5.26. The number of hydrogen-bond acceptors (Lipinski definition) is 4. The second-order valence-corrected chi connectivity index (χ2v) is 7.39. The average molecular weight is 516 g/mol. The van der Waals surface area contributed by atoms with Gasteiger partial charge in [-0.2, -0.15) is 0 Å². The third-order valence-electron chi connectivity index (χ3n) is 5.26. The molecule has 1 aromatic heterocycles. The number of nitrogens with zero attached hydrogens (tertiary/aromatic N) is 1. The smallest absolute Gasteiger partial charge is 0.191 e. The van der Waals surface area contributed by atoms with Crippen molar-refractivity contribution in [3.05, 3.63) is 23.9 Å². The topological polar surface area (TPSA) is 90.9 Å². The number of aliphatic imine (C=N–C) groups is 1. The second-order valence-electron chi connectivity index (χ2n) is 7.39. The van der Waals surface area contributed by atoms with Gasteiger partial charge in [-0.3, -0.25) is 4.99 Å². The summed E-state index contributed by atoms with van der Waals surface area (Å²) in [4.78, 5) is 7.99. The average Bonchev–Trinajstić information content (AvgIpc) is 3.09. The molecule has 1 heterocycles. The van der Waals surface area contributed by atoms with Gasteiger partial charge >= 0.3 is 0 Å². The Bertz CT molecular complexity index is 818. The van der Waals surface area contributed by atoms with E-state index in [9.17, 15) is 5.11 Å². The fourth-order valence-electron chi connectivity index (χ4n) is 3.45. The lowest BCUT2D eigenvalue weighted by atomic mass is 9.80. The Morgan fingerprint density at radius 1 is 1.21 bits per heavy atom. The molecule has 0 aliphatic heterocycles. The molecule has 1 aliphatic carbocycles. The molecule has 29 heavy (non-hydrogen) atoms. The lowest BCUT2D eigenvalue weighted by Gasteiger charge is -2.35. The number of benzene rings is 1. The van der Waals surface area contributed by atoms with E-state index in [4.69, 9.17) is 9.47 Å². The third kappa shape index (κ3) is 6.15. The number of aryl methyl sites for hydroxylation is 1. The molecule has 2 aromatic rings. The Morgan fingerprint density at radius 2 is 2.00 bits per heavy atom. The minimum Gasteiger partial charge on any atom is -0.497 e. The molecule has 162 valence electrons. The molecule has 8 heteroatoms. The van der Waals surface area contributed by atoms with Gasteiger partial charge in [0.1, 0.15) is 11.5 Å². The molecule has 0 unspecified atom stereocenters. The molecule has 0 bridgehead atoms. The standard InChI is InChI=1S/C21H32N4O3.HI/c1-4-22-20(24-14-21(26)8-6-9-21)23-10-5-7-15-11-17-18(25-15)12-16(27-2)13-19(17)28-3;/h11-13,25-26H,4-10,14H2,1-3H3,(H2,22,23,24);1H. The SMILES string of the molecule is CCNC(=NCC1(O)CCC1)NCCCc1cc2c(OC)cc(OC)cc2[nH]1.I. The van der Waals surface area contributed by atoms with Crippen LogP contribution in [0, 0.1) is 0 Å². The summed E-state index contributed by atoms with van der Waals surface area (Å²) in [7, 11) is 3.33. The Hall–Kier alpha value is -1.68. The first-order valence-corrected chi connectivity index (χ1v) is 10.0. The molecular weight excluding hydrogens is 483 g/mol. The summed E-state index contributed by atoms with van der Waals surface area (Å²) in [6, 6.07) is 6.02. The van der Waals surface area contributed by atoms with Crippen molar-refractivity contribution in [1.82, 2.24) is 15.6 Å². The summed E-state index contributed by atoms with van der Waals surface area (Å²) in [6.07, 6.45) is 4.67. The van der Waals surface area contributed by atoms with Gasteiger partial charge in [0.05, 0.1) is 31.9 Å². The second kappa shape index (κ2) is 10.9. The van der Waals surface area contributed by atoms with Crippen LogP contribution in [0.15, 0.2) is 23.2 Å². The van der Waals surface area contributed by atoms with Crippen molar-refractivity contribution in [1.29, 1.82) is 0 Å². The molecule has 0 atom stereocenters. The van der Waals surface area contributed by atoms with Crippen molar-refractivity contribution in [3.63, 3.8) is 0 Å². The quantitative estimate of drug-likeness (QED) is 0.178. The molecule has 1 aliphatic rings. The Labute approximate surface area is 189 Å². The predicted molar refractivity (Wildman–Crippen MR) is 128 cm³/mol. The first-order chi connectivity index (χ1) is 13.6. The predicted octanol–water partition coefficient (Wildman–Crippen LogP) is 3.21. The van der Waals surface area contributed by atoms with Crippen LogP contribution in [0.5, 0.6) is 11.5 Å². The maximum absolute atomic E-state index is 10.2. The van der Waals surface area contributed by atoms with Gasteiger partial charge < -0.3 is 30.2 Å². The highest BCUT2D eigenvalue weighted by Crippen LogP contribution is 2.32. The van der Waals surface area contributed by atoms with Crippen LogP contribution in [-0.2, 0) is 6.42 Å². The van der Waals surface area contributed by atoms with Crippen molar-refractivity contribution in [2.24, 2.45) is 4.99 Å². The van der Waals surface area contributed by atoms with Gasteiger partial charge in [0.2, 0.25) is 0 Å². The molecule has 3 rings (SSSR count). The van der Waals surface area contributed by atoms with Crippen LogP contribution in [0.1, 0.15) is 38.3 Å². The highest BCUT2D eigenvalue weighted by atomic mass is 127. The molecule has 4 N–H and O–H groups in total. The Balaban J connectivity index is 0.00000300. The van der Waals surface area contributed by atoms with Crippen molar-refractivity contribution in [2.75, 3.05) is 33.9 Å². The van der Waals surface area contributed by atoms with Gasteiger partial charge in [-0.25, -0.2) is 0 Å². The molecule has 1 saturated carbocycles.